The topological polar surface area (TPSA) is 49.8 Å². The summed E-state index contributed by atoms with van der Waals surface area (Å²) in [7, 11) is 0. The van der Waals surface area contributed by atoms with E-state index in [4.69, 9.17) is 20.4 Å². The maximum absolute atomic E-state index is 12.4. The molecule has 130 valence electrons. The van der Waals surface area contributed by atoms with Crippen LogP contribution in [0.4, 0.5) is 0 Å². The summed E-state index contributed by atoms with van der Waals surface area (Å²) in [6.07, 6.45) is 2.46. The lowest BCUT2D eigenvalue weighted by molar-refractivity contribution is 0.0729. The molecule has 0 atom stereocenters. The molecule has 1 amide bonds. The number of hydrogen-bond acceptors (Lipinski definition) is 4. The first-order valence-corrected chi connectivity index (χ1v) is 8.80. The second kappa shape index (κ2) is 6.94. The summed E-state index contributed by atoms with van der Waals surface area (Å²) in [4.78, 5) is 16.6. The minimum atomic E-state index is -0.0368. The first-order chi connectivity index (χ1) is 12.2. The van der Waals surface area contributed by atoms with Gasteiger partial charge < -0.3 is 13.7 Å². The quantitative estimate of drug-likeness (QED) is 0.709. The van der Waals surface area contributed by atoms with Crippen molar-refractivity contribution >= 4 is 28.5 Å². The minimum Gasteiger partial charge on any atom is -0.460 e. The van der Waals surface area contributed by atoms with Gasteiger partial charge in [-0.2, -0.15) is 0 Å². The van der Waals surface area contributed by atoms with Gasteiger partial charge in [-0.3, -0.25) is 9.69 Å². The van der Waals surface area contributed by atoms with Gasteiger partial charge in [-0.05, 0) is 42.8 Å². The highest BCUT2D eigenvalue weighted by Crippen LogP contribution is 2.24. The van der Waals surface area contributed by atoms with E-state index in [0.29, 0.717) is 17.3 Å². The Balaban J connectivity index is 1.41. The van der Waals surface area contributed by atoms with Crippen LogP contribution in [-0.2, 0) is 6.54 Å². The number of carbonyl (C=O) groups is 1. The summed E-state index contributed by atoms with van der Waals surface area (Å²) in [6, 6.07) is 11.1. The van der Waals surface area contributed by atoms with E-state index in [0.717, 1.165) is 49.3 Å². The Hall–Kier alpha value is -2.24. The zero-order valence-corrected chi connectivity index (χ0v) is 14.5. The van der Waals surface area contributed by atoms with Crippen LogP contribution in [-0.4, -0.2) is 41.9 Å². The number of amides is 1. The van der Waals surface area contributed by atoms with Gasteiger partial charge in [0, 0.05) is 36.6 Å². The number of nitrogens with zero attached hydrogens (tertiary/aromatic N) is 2. The number of furan rings is 2. The zero-order chi connectivity index (χ0) is 17.2. The van der Waals surface area contributed by atoms with Gasteiger partial charge in [-0.1, -0.05) is 11.6 Å². The van der Waals surface area contributed by atoms with E-state index in [1.165, 1.54) is 6.26 Å². The highest BCUT2D eigenvalue weighted by Gasteiger charge is 2.22. The van der Waals surface area contributed by atoms with Crippen molar-refractivity contribution in [3.8, 4) is 0 Å². The summed E-state index contributed by atoms with van der Waals surface area (Å²) in [5.74, 6) is 1.29. The number of rotatable bonds is 3. The molecule has 25 heavy (non-hydrogen) atoms. The van der Waals surface area contributed by atoms with E-state index >= 15 is 0 Å². The molecule has 4 rings (SSSR count). The molecule has 2 aromatic heterocycles. The third-order valence-corrected chi connectivity index (χ3v) is 4.75. The van der Waals surface area contributed by atoms with E-state index in [-0.39, 0.29) is 5.91 Å². The van der Waals surface area contributed by atoms with E-state index < -0.39 is 0 Å². The van der Waals surface area contributed by atoms with Crippen LogP contribution in [0.2, 0.25) is 5.02 Å². The molecule has 0 radical (unpaired) electrons. The Morgan fingerprint density at radius 1 is 1.12 bits per heavy atom. The van der Waals surface area contributed by atoms with Gasteiger partial charge in [0.25, 0.3) is 5.91 Å². The van der Waals surface area contributed by atoms with Crippen LogP contribution >= 0.6 is 11.6 Å². The predicted molar refractivity (Wildman–Crippen MR) is 95.7 cm³/mol. The third-order valence-electron chi connectivity index (χ3n) is 4.52. The standard InChI is InChI=1S/C19H19ClN2O3/c20-15-4-5-17-14(11-15)12-16(25-17)13-21-6-2-7-22(9-8-21)19(23)18-3-1-10-24-18/h1,3-5,10-12H,2,6-9,13H2. The summed E-state index contributed by atoms with van der Waals surface area (Å²) >= 11 is 6.03. The zero-order valence-electron chi connectivity index (χ0n) is 13.8. The lowest BCUT2D eigenvalue weighted by Crippen LogP contribution is -2.34. The largest absolute Gasteiger partial charge is 0.460 e. The molecule has 1 saturated heterocycles. The SMILES string of the molecule is O=C(c1ccco1)N1CCCN(Cc2cc3cc(Cl)ccc3o2)CC1. The van der Waals surface area contributed by atoms with Crippen LogP contribution in [0.15, 0.2) is 51.5 Å². The van der Waals surface area contributed by atoms with Crippen LogP contribution < -0.4 is 0 Å². The lowest BCUT2D eigenvalue weighted by atomic mass is 10.2. The van der Waals surface area contributed by atoms with Crippen LogP contribution in [0, 0.1) is 0 Å². The minimum absolute atomic E-state index is 0.0368. The first-order valence-electron chi connectivity index (χ1n) is 8.42. The molecular formula is C19H19ClN2O3. The van der Waals surface area contributed by atoms with Crippen molar-refractivity contribution in [3.05, 3.63) is 59.2 Å². The maximum atomic E-state index is 12.4. The van der Waals surface area contributed by atoms with Gasteiger partial charge in [-0.25, -0.2) is 0 Å². The summed E-state index contributed by atoms with van der Waals surface area (Å²) in [5, 5.41) is 1.73. The number of benzene rings is 1. The third kappa shape index (κ3) is 3.57. The Morgan fingerprint density at radius 3 is 2.88 bits per heavy atom. The number of hydrogen-bond donors (Lipinski definition) is 0. The Kier molecular flexibility index (Phi) is 4.51. The predicted octanol–water partition coefficient (Wildman–Crippen LogP) is 4.03. The molecule has 0 spiro atoms. The number of fused-ring (bicyclic) bond motifs is 1. The van der Waals surface area contributed by atoms with E-state index in [1.54, 1.807) is 12.1 Å². The Morgan fingerprint density at radius 2 is 2.04 bits per heavy atom. The van der Waals surface area contributed by atoms with Gasteiger partial charge in [0.15, 0.2) is 5.76 Å². The maximum Gasteiger partial charge on any atom is 0.289 e. The molecule has 1 aromatic carbocycles. The van der Waals surface area contributed by atoms with Gasteiger partial charge in [0.2, 0.25) is 0 Å². The fraction of sp³-hybridized carbons (Fsp3) is 0.316. The highest BCUT2D eigenvalue weighted by atomic mass is 35.5. The molecule has 1 aliphatic heterocycles. The van der Waals surface area contributed by atoms with Crippen LogP contribution in [0.5, 0.6) is 0 Å². The molecule has 6 heteroatoms. The van der Waals surface area contributed by atoms with Crippen molar-refractivity contribution in [1.82, 2.24) is 9.80 Å². The molecule has 5 nitrogen and oxygen atoms in total. The summed E-state index contributed by atoms with van der Waals surface area (Å²) in [5.41, 5.74) is 0.851. The average Bonchev–Trinajstić information content (AvgIpc) is 3.20. The summed E-state index contributed by atoms with van der Waals surface area (Å²) < 4.78 is 11.1. The van der Waals surface area contributed by atoms with Crippen molar-refractivity contribution in [1.29, 1.82) is 0 Å². The van der Waals surface area contributed by atoms with E-state index in [2.05, 4.69) is 4.90 Å². The molecule has 1 fully saturated rings. The first kappa shape index (κ1) is 16.2. The molecule has 0 bridgehead atoms. The molecule has 0 N–H and O–H groups in total. The lowest BCUT2D eigenvalue weighted by Gasteiger charge is -2.20. The Labute approximate surface area is 150 Å². The van der Waals surface area contributed by atoms with E-state index in [1.807, 2.05) is 29.2 Å². The van der Waals surface area contributed by atoms with Crippen LogP contribution in [0.1, 0.15) is 22.7 Å². The van der Waals surface area contributed by atoms with Gasteiger partial charge >= 0.3 is 0 Å². The van der Waals surface area contributed by atoms with Gasteiger partial charge in [-0.15, -0.1) is 0 Å². The summed E-state index contributed by atoms with van der Waals surface area (Å²) in [6.45, 7) is 3.90. The molecule has 0 saturated carbocycles. The molecular weight excluding hydrogens is 340 g/mol. The Bertz CT molecular complexity index is 872. The van der Waals surface area contributed by atoms with Crippen molar-refractivity contribution in [2.45, 2.75) is 13.0 Å². The number of halogens is 1. The van der Waals surface area contributed by atoms with E-state index in [9.17, 15) is 4.79 Å². The second-order valence-corrected chi connectivity index (χ2v) is 6.73. The average molecular weight is 359 g/mol. The second-order valence-electron chi connectivity index (χ2n) is 6.29. The highest BCUT2D eigenvalue weighted by molar-refractivity contribution is 6.31. The smallest absolute Gasteiger partial charge is 0.289 e. The molecule has 0 aliphatic carbocycles. The fourth-order valence-corrected chi connectivity index (χ4v) is 3.44. The fourth-order valence-electron chi connectivity index (χ4n) is 3.26. The van der Waals surface area contributed by atoms with Crippen LogP contribution in [0.3, 0.4) is 0 Å². The van der Waals surface area contributed by atoms with Crippen molar-refractivity contribution < 1.29 is 13.6 Å². The van der Waals surface area contributed by atoms with Gasteiger partial charge in [0.1, 0.15) is 11.3 Å². The van der Waals surface area contributed by atoms with Crippen molar-refractivity contribution in [3.63, 3.8) is 0 Å². The van der Waals surface area contributed by atoms with Crippen LogP contribution in [0.25, 0.3) is 11.0 Å². The molecule has 0 unspecified atom stereocenters. The normalized spacial score (nSPS) is 16.3. The monoisotopic (exact) mass is 358 g/mol. The molecule has 1 aliphatic rings. The van der Waals surface area contributed by atoms with Crippen molar-refractivity contribution in [2.24, 2.45) is 0 Å². The molecule has 3 heterocycles. The number of carbonyl (C=O) groups excluding carboxylic acids is 1. The van der Waals surface area contributed by atoms with Crippen molar-refractivity contribution in [2.75, 3.05) is 26.2 Å². The molecule has 3 aromatic rings. The van der Waals surface area contributed by atoms with Gasteiger partial charge in [0.05, 0.1) is 12.8 Å².